The molecular weight excluding hydrogens is 400 g/mol. The molecule has 30 heavy (non-hydrogen) atoms. The van der Waals surface area contributed by atoms with Gasteiger partial charge < -0.3 is 15.8 Å². The summed E-state index contributed by atoms with van der Waals surface area (Å²) in [5.74, 6) is -1.61. The summed E-state index contributed by atoms with van der Waals surface area (Å²) in [5, 5.41) is 2.93. The first kappa shape index (κ1) is 21.8. The molecule has 0 radical (unpaired) electrons. The third-order valence-corrected chi connectivity index (χ3v) is 5.18. The smallest absolute Gasteiger partial charge is 0.398 e. The second-order valence-electron chi connectivity index (χ2n) is 7.15. The topological polar surface area (TPSA) is 72.5 Å². The number of hydrogen-bond donors (Lipinski definition) is 2. The zero-order chi connectivity index (χ0) is 22.1. The average molecular weight is 422 g/mol. The number of nitrogens with one attached hydrogen (secondary N) is 1. The van der Waals surface area contributed by atoms with Crippen molar-refractivity contribution in [2.45, 2.75) is 24.4 Å². The number of fused-ring (bicyclic) bond motifs is 1. The number of halogens is 4. The van der Waals surface area contributed by atoms with Crippen molar-refractivity contribution in [3.8, 4) is 17.0 Å². The Balaban J connectivity index is 2.28. The van der Waals surface area contributed by atoms with E-state index >= 15 is 0 Å². The van der Waals surface area contributed by atoms with Crippen LogP contribution in [0.2, 0.25) is 0 Å². The molecule has 1 aromatic heterocycles. The van der Waals surface area contributed by atoms with Gasteiger partial charge in [-0.25, -0.2) is 9.37 Å². The summed E-state index contributed by atoms with van der Waals surface area (Å²) in [6.45, 7) is 4.91. The fraction of sp³-hybridized carbons (Fsp3) is 0.333. The lowest BCUT2D eigenvalue weighted by molar-refractivity contribution is -0.148. The van der Waals surface area contributed by atoms with Gasteiger partial charge in [-0.3, -0.25) is 4.99 Å². The number of hydrogen-bond acceptors (Lipinski definition) is 4. The van der Waals surface area contributed by atoms with Gasteiger partial charge >= 0.3 is 6.18 Å². The van der Waals surface area contributed by atoms with E-state index < -0.39 is 29.9 Å². The van der Waals surface area contributed by atoms with Gasteiger partial charge in [-0.2, -0.15) is 13.2 Å². The van der Waals surface area contributed by atoms with Crippen molar-refractivity contribution in [3.05, 3.63) is 60.2 Å². The molecule has 9 heteroatoms. The summed E-state index contributed by atoms with van der Waals surface area (Å²) in [6, 6.07) is 6.70. The molecule has 2 atom stereocenters. The van der Waals surface area contributed by atoms with Crippen LogP contribution in [0.4, 0.5) is 17.6 Å². The first-order chi connectivity index (χ1) is 14.2. The normalized spacial score (nSPS) is 19.8. The predicted octanol–water partition coefficient (Wildman–Crippen LogP) is 3.90. The van der Waals surface area contributed by atoms with Crippen LogP contribution in [0, 0.1) is 5.82 Å². The van der Waals surface area contributed by atoms with Crippen LogP contribution in [-0.4, -0.2) is 37.2 Å². The molecule has 0 aliphatic carbocycles. The van der Waals surface area contributed by atoms with E-state index in [-0.39, 0.29) is 18.0 Å². The van der Waals surface area contributed by atoms with E-state index in [1.807, 2.05) is 0 Å². The third kappa shape index (κ3) is 3.77. The zero-order valence-electron chi connectivity index (χ0n) is 16.6. The van der Waals surface area contributed by atoms with Gasteiger partial charge in [0.2, 0.25) is 0 Å². The highest BCUT2D eigenvalue weighted by Crippen LogP contribution is 2.47. The molecule has 0 fully saturated rings. The van der Waals surface area contributed by atoms with E-state index in [0.717, 1.165) is 0 Å². The number of nitrogens with two attached hydrogens (primary N) is 1. The van der Waals surface area contributed by atoms with Crippen molar-refractivity contribution in [2.75, 3.05) is 20.2 Å². The summed E-state index contributed by atoms with van der Waals surface area (Å²) in [4.78, 5) is 8.48. The van der Waals surface area contributed by atoms with Crippen molar-refractivity contribution < 1.29 is 22.3 Å². The van der Waals surface area contributed by atoms with Crippen molar-refractivity contribution in [1.82, 2.24) is 10.3 Å². The molecule has 1 aliphatic heterocycles. The molecule has 3 rings (SSSR count). The molecule has 0 amide bonds. The van der Waals surface area contributed by atoms with Gasteiger partial charge in [-0.15, -0.1) is 0 Å². The lowest BCUT2D eigenvalue weighted by Gasteiger charge is -2.26. The molecule has 1 aliphatic rings. The number of aliphatic imine (C=N–C) groups is 1. The second kappa shape index (κ2) is 8.06. The van der Waals surface area contributed by atoms with Crippen LogP contribution in [0.15, 0.2) is 48.1 Å². The third-order valence-electron chi connectivity index (χ3n) is 5.18. The number of rotatable bonds is 5. The molecule has 0 bridgehead atoms. The highest BCUT2D eigenvalue weighted by atomic mass is 19.4. The van der Waals surface area contributed by atoms with Gasteiger partial charge in [0.25, 0.3) is 0 Å². The van der Waals surface area contributed by atoms with Crippen molar-refractivity contribution in [1.29, 1.82) is 0 Å². The quantitative estimate of drug-likeness (QED) is 0.436. The fourth-order valence-corrected chi connectivity index (χ4v) is 3.57. The van der Waals surface area contributed by atoms with E-state index in [2.05, 4.69) is 21.9 Å². The Morgan fingerprint density at radius 1 is 1.40 bits per heavy atom. The number of benzene rings is 1. The minimum absolute atomic E-state index is 0.133. The molecule has 3 N–H and O–H groups in total. The van der Waals surface area contributed by atoms with Crippen LogP contribution in [0.3, 0.4) is 0 Å². The van der Waals surface area contributed by atoms with Gasteiger partial charge in [0.15, 0.2) is 0 Å². The summed E-state index contributed by atoms with van der Waals surface area (Å²) >= 11 is 0. The summed E-state index contributed by atoms with van der Waals surface area (Å²) in [5.41, 5.74) is 5.48. The highest BCUT2D eigenvalue weighted by molar-refractivity contribution is 5.95. The SMILES string of the molecule is C=CNC(=NC)C1(C)COc2c1cc(C(CN)C(F)(F)F)nc2-c1ccc(F)cc1. The van der Waals surface area contributed by atoms with E-state index in [9.17, 15) is 17.6 Å². The maximum atomic E-state index is 13.6. The van der Waals surface area contributed by atoms with Crippen molar-refractivity contribution in [2.24, 2.45) is 10.7 Å². The van der Waals surface area contributed by atoms with Crippen LogP contribution < -0.4 is 15.8 Å². The first-order valence-corrected chi connectivity index (χ1v) is 9.21. The van der Waals surface area contributed by atoms with Crippen LogP contribution in [0.25, 0.3) is 11.3 Å². The Hall–Kier alpha value is -2.94. The van der Waals surface area contributed by atoms with Gasteiger partial charge in [-0.05, 0) is 43.5 Å². The number of alkyl halides is 3. The molecule has 160 valence electrons. The molecule has 2 unspecified atom stereocenters. The van der Waals surface area contributed by atoms with Crippen molar-refractivity contribution in [3.63, 3.8) is 0 Å². The van der Waals surface area contributed by atoms with E-state index in [1.165, 1.54) is 36.5 Å². The zero-order valence-corrected chi connectivity index (χ0v) is 16.6. The van der Waals surface area contributed by atoms with Gasteiger partial charge in [0, 0.05) is 24.7 Å². The van der Waals surface area contributed by atoms with Crippen LogP contribution in [-0.2, 0) is 5.41 Å². The van der Waals surface area contributed by atoms with Gasteiger partial charge in [-0.1, -0.05) is 6.58 Å². The van der Waals surface area contributed by atoms with Crippen LogP contribution in [0.1, 0.15) is 24.1 Å². The minimum Gasteiger partial charge on any atom is -0.490 e. The molecule has 2 heterocycles. The number of ether oxygens (including phenoxy) is 1. The van der Waals surface area contributed by atoms with Crippen molar-refractivity contribution >= 4 is 5.84 Å². The minimum atomic E-state index is -4.58. The summed E-state index contributed by atoms with van der Waals surface area (Å²) < 4.78 is 60.2. The Kier molecular flexibility index (Phi) is 5.85. The van der Waals surface area contributed by atoms with E-state index in [4.69, 9.17) is 10.5 Å². The summed E-state index contributed by atoms with van der Waals surface area (Å²) in [6.07, 6.45) is -3.14. The number of amidine groups is 1. The Bertz CT molecular complexity index is 972. The fourth-order valence-electron chi connectivity index (χ4n) is 3.57. The monoisotopic (exact) mass is 422 g/mol. The maximum absolute atomic E-state index is 13.6. The average Bonchev–Trinajstić information content (AvgIpc) is 3.03. The standard InChI is InChI=1S/C21H22F4N4O/c1-4-28-19(27-3)20(2)11-30-18-14(20)9-16(15(10-26)21(23,24)25)29-17(18)12-5-7-13(22)8-6-12/h4-9,15H,1,10-11,26H2,2-3H3,(H,27,28). The second-order valence-corrected chi connectivity index (χ2v) is 7.15. The van der Waals surface area contributed by atoms with Crippen LogP contribution in [0.5, 0.6) is 5.75 Å². The number of aromatic nitrogens is 1. The number of nitrogens with zero attached hydrogens (tertiary/aromatic N) is 2. The maximum Gasteiger partial charge on any atom is 0.398 e. The Labute approximate surface area is 171 Å². The van der Waals surface area contributed by atoms with E-state index in [1.54, 1.807) is 14.0 Å². The summed E-state index contributed by atoms with van der Waals surface area (Å²) in [7, 11) is 1.57. The molecule has 0 saturated carbocycles. The molecule has 2 aromatic rings. The molecule has 5 nitrogen and oxygen atoms in total. The van der Waals surface area contributed by atoms with E-state index in [0.29, 0.717) is 22.7 Å². The Morgan fingerprint density at radius 3 is 2.60 bits per heavy atom. The highest BCUT2D eigenvalue weighted by Gasteiger charge is 2.46. The number of pyridine rings is 1. The lowest BCUT2D eigenvalue weighted by Crippen LogP contribution is -2.41. The lowest BCUT2D eigenvalue weighted by atomic mass is 9.81. The Morgan fingerprint density at radius 2 is 2.07 bits per heavy atom. The predicted molar refractivity (Wildman–Crippen MR) is 107 cm³/mol. The molecular formula is C21H22F4N4O. The van der Waals surface area contributed by atoms with Gasteiger partial charge in [0.05, 0.1) is 11.1 Å². The molecule has 1 aromatic carbocycles. The largest absolute Gasteiger partial charge is 0.490 e. The molecule has 0 saturated heterocycles. The first-order valence-electron chi connectivity index (χ1n) is 9.21. The molecule has 0 spiro atoms. The van der Waals surface area contributed by atoms with Crippen LogP contribution >= 0.6 is 0 Å². The van der Waals surface area contributed by atoms with Gasteiger partial charge in [0.1, 0.15) is 35.6 Å².